The van der Waals surface area contributed by atoms with Gasteiger partial charge in [0.2, 0.25) is 0 Å². The van der Waals surface area contributed by atoms with E-state index < -0.39 is 5.97 Å². The van der Waals surface area contributed by atoms with Crippen LogP contribution in [0.15, 0.2) is 65.4 Å². The monoisotopic (exact) mass is 381 g/mol. The molecule has 0 bridgehead atoms. The summed E-state index contributed by atoms with van der Waals surface area (Å²) in [5.41, 5.74) is 3.75. The lowest BCUT2D eigenvalue weighted by Gasteiger charge is -2.18. The van der Waals surface area contributed by atoms with Gasteiger partial charge in [-0.25, -0.2) is 4.79 Å². The van der Waals surface area contributed by atoms with Crippen LogP contribution in [0.3, 0.4) is 0 Å². The highest BCUT2D eigenvalue weighted by Gasteiger charge is 2.37. The first-order valence-electron chi connectivity index (χ1n) is 8.66. The zero-order valence-corrected chi connectivity index (χ0v) is 16.2. The summed E-state index contributed by atoms with van der Waals surface area (Å²) in [6, 6.07) is 14.9. The van der Waals surface area contributed by atoms with E-state index >= 15 is 0 Å². The van der Waals surface area contributed by atoms with Crippen LogP contribution >= 0.6 is 11.6 Å². The van der Waals surface area contributed by atoms with E-state index in [4.69, 9.17) is 16.3 Å². The van der Waals surface area contributed by atoms with Gasteiger partial charge in [0.25, 0.3) is 5.91 Å². The van der Waals surface area contributed by atoms with Crippen LogP contribution < -0.4 is 4.90 Å². The summed E-state index contributed by atoms with van der Waals surface area (Å²) in [5.74, 6) is -0.823. The lowest BCUT2D eigenvalue weighted by molar-refractivity contribution is -0.136. The van der Waals surface area contributed by atoms with Crippen LogP contribution in [0.2, 0.25) is 5.02 Å². The minimum atomic E-state index is -0.540. The predicted octanol–water partition coefficient (Wildman–Crippen LogP) is 4.78. The van der Waals surface area contributed by atoms with E-state index in [-0.39, 0.29) is 11.5 Å². The Hall–Kier alpha value is -2.85. The fourth-order valence-corrected chi connectivity index (χ4v) is 3.31. The third-order valence-corrected chi connectivity index (χ3v) is 4.79. The highest BCUT2D eigenvalue weighted by molar-refractivity contribution is 6.31. The Morgan fingerprint density at radius 3 is 2.48 bits per heavy atom. The Morgan fingerprint density at radius 2 is 1.89 bits per heavy atom. The minimum Gasteiger partial charge on any atom is -0.465 e. The van der Waals surface area contributed by atoms with E-state index in [1.54, 1.807) is 37.3 Å². The maximum Gasteiger partial charge on any atom is 0.340 e. The molecule has 0 spiro atoms. The van der Waals surface area contributed by atoms with E-state index in [9.17, 15) is 9.59 Å². The Balaban J connectivity index is 2.10. The molecule has 0 aromatic heterocycles. The van der Waals surface area contributed by atoms with E-state index in [0.717, 1.165) is 12.0 Å². The second-order valence-electron chi connectivity index (χ2n) is 6.23. The van der Waals surface area contributed by atoms with E-state index in [1.165, 1.54) is 17.6 Å². The third-order valence-electron chi connectivity index (χ3n) is 4.55. The van der Waals surface area contributed by atoms with Crippen molar-refractivity contribution >= 4 is 35.2 Å². The molecule has 1 aliphatic heterocycles. The second kappa shape index (κ2) is 7.80. The fourth-order valence-electron chi connectivity index (χ4n) is 3.12. The number of ether oxygens (including phenoxy) is 1. The van der Waals surface area contributed by atoms with E-state index in [1.807, 2.05) is 24.3 Å². The molecule has 138 valence electrons. The van der Waals surface area contributed by atoms with Crippen LogP contribution in [0, 0.1) is 0 Å². The largest absolute Gasteiger partial charge is 0.465 e. The summed E-state index contributed by atoms with van der Waals surface area (Å²) in [7, 11) is 1.31. The predicted molar refractivity (Wildman–Crippen MR) is 107 cm³/mol. The van der Waals surface area contributed by atoms with Gasteiger partial charge < -0.3 is 4.74 Å². The topological polar surface area (TPSA) is 46.6 Å². The first-order valence-corrected chi connectivity index (χ1v) is 9.04. The Bertz CT molecular complexity index is 958. The molecule has 0 saturated carbocycles. The number of carbonyl (C=O) groups is 2. The Labute approximate surface area is 163 Å². The van der Waals surface area contributed by atoms with Crippen molar-refractivity contribution in [2.45, 2.75) is 20.3 Å². The van der Waals surface area contributed by atoms with Crippen LogP contribution in [0.5, 0.6) is 0 Å². The first kappa shape index (κ1) is 18.9. The number of aryl methyl sites for hydroxylation is 1. The summed E-state index contributed by atoms with van der Waals surface area (Å²) in [6.07, 6.45) is 2.66. The quantitative estimate of drug-likeness (QED) is 0.565. The second-order valence-corrected chi connectivity index (χ2v) is 6.66. The van der Waals surface area contributed by atoms with Crippen LogP contribution in [0.4, 0.5) is 5.69 Å². The molecule has 0 radical (unpaired) electrons. The number of hydrogen-bond donors (Lipinski definition) is 0. The third kappa shape index (κ3) is 3.67. The summed E-state index contributed by atoms with van der Waals surface area (Å²) >= 11 is 6.08. The molecule has 27 heavy (non-hydrogen) atoms. The van der Waals surface area contributed by atoms with Crippen molar-refractivity contribution in [1.82, 2.24) is 0 Å². The number of hydrogen-bond acceptors (Lipinski definition) is 3. The number of anilines is 1. The zero-order valence-electron chi connectivity index (χ0n) is 15.5. The van der Waals surface area contributed by atoms with E-state index in [0.29, 0.717) is 22.0 Å². The molecule has 0 fully saturated rings. The summed E-state index contributed by atoms with van der Waals surface area (Å²) in [5, 5.41) is 0.514. The zero-order chi connectivity index (χ0) is 19.6. The fraction of sp³-hybridized carbons (Fsp3) is 0.182. The smallest absolute Gasteiger partial charge is 0.340 e. The first-order chi connectivity index (χ1) is 13.0. The molecule has 0 saturated heterocycles. The maximum atomic E-state index is 13.2. The molecule has 0 N–H and O–H groups in total. The van der Waals surface area contributed by atoms with Crippen molar-refractivity contribution < 1.29 is 14.3 Å². The molecule has 0 unspecified atom stereocenters. The van der Waals surface area contributed by atoms with Gasteiger partial charge in [0.1, 0.15) is 0 Å². The van der Waals surface area contributed by atoms with Crippen molar-refractivity contribution in [3.05, 3.63) is 81.5 Å². The van der Waals surface area contributed by atoms with Gasteiger partial charge in [-0.3, -0.25) is 9.69 Å². The van der Waals surface area contributed by atoms with Crippen molar-refractivity contribution in [2.75, 3.05) is 12.0 Å². The molecule has 0 atom stereocenters. The highest BCUT2D eigenvalue weighted by atomic mass is 35.5. The van der Waals surface area contributed by atoms with Crippen LogP contribution in [-0.2, 0) is 20.7 Å². The molecule has 1 amide bonds. The van der Waals surface area contributed by atoms with Gasteiger partial charge in [-0.05, 0) is 48.7 Å². The molecule has 5 heteroatoms. The average Bonchev–Trinajstić information content (AvgIpc) is 2.91. The molecule has 1 aliphatic rings. The number of amides is 1. The normalized spacial score (nSPS) is 15.6. The number of allylic oxidation sites excluding steroid dienone is 1. The van der Waals surface area contributed by atoms with Gasteiger partial charge in [-0.15, -0.1) is 0 Å². The number of nitrogens with zero attached hydrogens (tertiary/aromatic N) is 1. The SMILES string of the molecule is CCc1ccc(/C=C2\C(=O)N(c3cccc(Cl)c3)C(C)=C2C(=O)OC)cc1. The standard InChI is InChI=1S/C22H20ClNO3/c1-4-15-8-10-16(11-9-15)12-19-20(22(26)27-3)14(2)24(21(19)25)18-7-5-6-17(23)13-18/h5-13H,4H2,1-3H3/b19-12-. The number of carbonyl (C=O) groups excluding carboxylic acids is 2. The van der Waals surface area contributed by atoms with Gasteiger partial charge in [-0.2, -0.15) is 0 Å². The highest BCUT2D eigenvalue weighted by Crippen LogP contribution is 2.36. The van der Waals surface area contributed by atoms with Crippen LogP contribution in [-0.4, -0.2) is 19.0 Å². The number of methoxy groups -OCH3 is 1. The summed E-state index contributed by atoms with van der Waals surface area (Å²) in [4.78, 5) is 27.0. The number of rotatable bonds is 4. The van der Waals surface area contributed by atoms with Crippen molar-refractivity contribution in [1.29, 1.82) is 0 Å². The molecule has 2 aromatic carbocycles. The molecular weight excluding hydrogens is 362 g/mol. The van der Waals surface area contributed by atoms with Gasteiger partial charge in [0.15, 0.2) is 0 Å². The molecule has 1 heterocycles. The molecule has 3 rings (SSSR count). The Kier molecular flexibility index (Phi) is 5.47. The average molecular weight is 382 g/mol. The number of esters is 1. The van der Waals surface area contributed by atoms with Gasteiger partial charge in [0.05, 0.1) is 23.9 Å². The molecule has 2 aromatic rings. The number of halogens is 1. The van der Waals surface area contributed by atoms with Crippen LogP contribution in [0.1, 0.15) is 25.0 Å². The van der Waals surface area contributed by atoms with Gasteiger partial charge in [-0.1, -0.05) is 48.9 Å². The number of benzene rings is 2. The lowest BCUT2D eigenvalue weighted by atomic mass is 10.0. The minimum absolute atomic E-state index is 0.266. The lowest BCUT2D eigenvalue weighted by Crippen LogP contribution is -2.24. The summed E-state index contributed by atoms with van der Waals surface area (Å²) < 4.78 is 4.92. The van der Waals surface area contributed by atoms with Crippen molar-refractivity contribution in [2.24, 2.45) is 0 Å². The molecule has 4 nitrogen and oxygen atoms in total. The van der Waals surface area contributed by atoms with Crippen molar-refractivity contribution in [3.63, 3.8) is 0 Å². The Morgan fingerprint density at radius 1 is 1.19 bits per heavy atom. The van der Waals surface area contributed by atoms with Gasteiger partial charge in [0, 0.05) is 10.7 Å². The van der Waals surface area contributed by atoms with Crippen LogP contribution in [0.25, 0.3) is 6.08 Å². The maximum absolute atomic E-state index is 13.2. The molecular formula is C22H20ClNO3. The molecule has 0 aliphatic carbocycles. The van der Waals surface area contributed by atoms with E-state index in [2.05, 4.69) is 6.92 Å². The van der Waals surface area contributed by atoms with Gasteiger partial charge >= 0.3 is 5.97 Å². The summed E-state index contributed by atoms with van der Waals surface area (Å²) in [6.45, 7) is 3.81. The van der Waals surface area contributed by atoms with Crippen molar-refractivity contribution in [3.8, 4) is 0 Å².